The van der Waals surface area contributed by atoms with Crippen LogP contribution in [0.25, 0.3) is 5.53 Å². The fourth-order valence-corrected chi connectivity index (χ4v) is 7.07. The molecule has 180 valence electrons. The van der Waals surface area contributed by atoms with Crippen LogP contribution < -0.4 is 4.74 Å². The van der Waals surface area contributed by atoms with Gasteiger partial charge >= 0.3 is 4.38 Å². The smallest absolute Gasteiger partial charge is 0.492 e. The van der Waals surface area contributed by atoms with Crippen molar-refractivity contribution in [1.29, 1.82) is 0 Å². The monoisotopic (exact) mass is 492 g/mol. The molecule has 0 aromatic heterocycles. The fraction of sp³-hybridized carbons (Fsp3) is 0.458. The van der Waals surface area contributed by atoms with Crippen molar-refractivity contribution < 1.29 is 26.4 Å². The van der Waals surface area contributed by atoms with Gasteiger partial charge in [0.15, 0.2) is 0 Å². The third-order valence-electron chi connectivity index (χ3n) is 5.27. The first kappa shape index (κ1) is 26.8. The van der Waals surface area contributed by atoms with Crippen molar-refractivity contribution in [3.8, 4) is 5.75 Å². The molecule has 0 heterocycles. The number of nitrogens with zero attached hydrogens (tertiary/aromatic N) is 2. The maximum Gasteiger partial charge on any atom is 0.504 e. The lowest BCUT2D eigenvalue weighted by Gasteiger charge is -2.21. The summed E-state index contributed by atoms with van der Waals surface area (Å²) in [6, 6.07) is 9.17. The average molecular weight is 493 g/mol. The molecular weight excluding hydrogens is 460 g/mol. The molecular formula is C24H32N2O5S2. The molecule has 0 fully saturated rings. The number of hydrogen-bond acceptors (Lipinski definition) is 5. The molecule has 2 rings (SSSR count). The summed E-state index contributed by atoms with van der Waals surface area (Å²) in [5.41, 5.74) is 11.1. The molecule has 9 heteroatoms. The van der Waals surface area contributed by atoms with Gasteiger partial charge in [-0.05, 0) is 55.0 Å². The van der Waals surface area contributed by atoms with E-state index >= 15 is 0 Å². The third kappa shape index (κ3) is 5.91. The predicted molar refractivity (Wildman–Crippen MR) is 129 cm³/mol. The lowest BCUT2D eigenvalue weighted by Crippen LogP contribution is -2.27. The Bertz CT molecular complexity index is 1280. The normalized spacial score (nSPS) is 12.3. The van der Waals surface area contributed by atoms with Gasteiger partial charge in [-0.3, -0.25) is 0 Å². The minimum atomic E-state index is -4.75. The summed E-state index contributed by atoms with van der Waals surface area (Å²) in [7, 11) is -9.40. The lowest BCUT2D eigenvalue weighted by molar-refractivity contribution is 0.00378. The standard InChI is InChI=1S/C24H32N2O5S2/c1-7-8-9-14-31-20-12-11-19(24(4,5)6)16-22(20)33(29,30)23(26-25)32(27,28)21-13-10-17(2)15-18(21)3/h10-13,15-16H,7-9,14H2,1-6H3. The Morgan fingerprint density at radius 2 is 1.58 bits per heavy atom. The van der Waals surface area contributed by atoms with E-state index in [0.29, 0.717) is 11.1 Å². The molecule has 0 aliphatic heterocycles. The number of ether oxygens (including phenoxy) is 1. The number of unbranched alkanes of at least 4 members (excludes halogenated alkanes) is 2. The number of aryl methyl sites for hydroxylation is 2. The van der Waals surface area contributed by atoms with Crippen molar-refractivity contribution in [2.75, 3.05) is 6.61 Å². The molecule has 0 amide bonds. The van der Waals surface area contributed by atoms with E-state index in [1.54, 1.807) is 32.0 Å². The summed E-state index contributed by atoms with van der Waals surface area (Å²) in [5.74, 6) is 0.0241. The zero-order chi connectivity index (χ0) is 25.0. The highest BCUT2D eigenvalue weighted by Crippen LogP contribution is 2.34. The van der Waals surface area contributed by atoms with Gasteiger partial charge in [-0.2, -0.15) is 0 Å². The molecule has 0 saturated heterocycles. The molecule has 0 atom stereocenters. The van der Waals surface area contributed by atoms with Crippen LogP contribution in [0.1, 0.15) is 63.6 Å². The van der Waals surface area contributed by atoms with Crippen LogP contribution in [0.4, 0.5) is 0 Å². The summed E-state index contributed by atoms with van der Waals surface area (Å²) >= 11 is 0. The number of rotatable bonds is 7. The number of benzene rings is 2. The van der Waals surface area contributed by atoms with Crippen LogP contribution in [0, 0.1) is 13.8 Å². The van der Waals surface area contributed by atoms with Crippen LogP contribution in [-0.2, 0) is 25.1 Å². The van der Waals surface area contributed by atoms with Crippen molar-refractivity contribution in [3.63, 3.8) is 0 Å². The van der Waals surface area contributed by atoms with Crippen molar-refractivity contribution in [3.05, 3.63) is 58.6 Å². The van der Waals surface area contributed by atoms with E-state index in [2.05, 4.69) is 4.79 Å². The summed E-state index contributed by atoms with van der Waals surface area (Å²) < 4.78 is 58.2. The Kier molecular flexibility index (Phi) is 8.27. The Morgan fingerprint density at radius 1 is 0.939 bits per heavy atom. The Labute approximate surface area is 197 Å². The van der Waals surface area contributed by atoms with Crippen molar-refractivity contribution in [1.82, 2.24) is 0 Å². The van der Waals surface area contributed by atoms with Crippen LogP contribution in [-0.4, -0.2) is 32.6 Å². The van der Waals surface area contributed by atoms with Gasteiger partial charge in [-0.1, -0.05) is 64.3 Å². The maximum absolute atomic E-state index is 13.6. The van der Waals surface area contributed by atoms with Crippen molar-refractivity contribution in [2.24, 2.45) is 0 Å². The van der Waals surface area contributed by atoms with E-state index in [1.165, 1.54) is 18.2 Å². The van der Waals surface area contributed by atoms with Gasteiger partial charge in [0.2, 0.25) is 0 Å². The topological polar surface area (TPSA) is 114 Å². The van der Waals surface area contributed by atoms with Crippen LogP contribution >= 0.6 is 0 Å². The minimum Gasteiger partial charge on any atom is -0.492 e. The van der Waals surface area contributed by atoms with Crippen molar-refractivity contribution in [2.45, 2.75) is 76.0 Å². The number of sulfone groups is 2. The molecule has 0 aliphatic carbocycles. The van der Waals surface area contributed by atoms with Crippen LogP contribution in [0.2, 0.25) is 0 Å². The maximum atomic E-state index is 13.6. The van der Waals surface area contributed by atoms with Gasteiger partial charge in [0.05, 0.1) is 11.5 Å². The van der Waals surface area contributed by atoms with Crippen molar-refractivity contribution >= 4 is 24.1 Å². The highest BCUT2D eigenvalue weighted by atomic mass is 32.3. The largest absolute Gasteiger partial charge is 0.504 e. The summed E-state index contributed by atoms with van der Waals surface area (Å²) in [5, 5.41) is 0. The van der Waals surface area contributed by atoms with Gasteiger partial charge in [0.1, 0.15) is 10.6 Å². The lowest BCUT2D eigenvalue weighted by atomic mass is 9.87. The molecule has 0 N–H and O–H groups in total. The van der Waals surface area contributed by atoms with Gasteiger partial charge in [-0.15, -0.1) is 4.79 Å². The van der Waals surface area contributed by atoms with E-state index in [9.17, 15) is 22.4 Å². The van der Waals surface area contributed by atoms with Gasteiger partial charge in [0.25, 0.3) is 19.7 Å². The summed E-state index contributed by atoms with van der Waals surface area (Å²) in [6.07, 6.45) is 2.60. The zero-order valence-electron chi connectivity index (χ0n) is 20.0. The molecule has 0 saturated carbocycles. The number of hydrogen-bond donors (Lipinski definition) is 0. The molecule has 7 nitrogen and oxygen atoms in total. The van der Waals surface area contributed by atoms with Crippen LogP contribution in [0.3, 0.4) is 0 Å². The van der Waals surface area contributed by atoms with Crippen LogP contribution in [0.15, 0.2) is 46.2 Å². The van der Waals surface area contributed by atoms with Crippen LogP contribution in [0.5, 0.6) is 5.75 Å². The highest BCUT2D eigenvalue weighted by Gasteiger charge is 2.46. The Balaban J connectivity index is 2.69. The minimum absolute atomic E-state index is 0.0241. The van der Waals surface area contributed by atoms with E-state index in [1.807, 2.05) is 27.7 Å². The molecule has 0 aliphatic rings. The highest BCUT2D eigenvalue weighted by molar-refractivity contribution is 8.31. The molecule has 0 spiro atoms. The van der Waals surface area contributed by atoms with E-state index in [-0.39, 0.29) is 22.1 Å². The second-order valence-electron chi connectivity index (χ2n) is 9.11. The molecule has 0 radical (unpaired) electrons. The van der Waals surface area contributed by atoms with Gasteiger partial charge in [-0.25, -0.2) is 16.8 Å². The van der Waals surface area contributed by atoms with E-state index in [0.717, 1.165) is 24.8 Å². The Hall–Kier alpha value is -2.48. The van der Waals surface area contributed by atoms with E-state index < -0.39 is 29.5 Å². The molecule has 2 aromatic carbocycles. The first-order valence-corrected chi connectivity index (χ1v) is 13.8. The quantitative estimate of drug-likeness (QED) is 0.177. The first-order chi connectivity index (χ1) is 15.3. The average Bonchev–Trinajstić information content (AvgIpc) is 2.70. The summed E-state index contributed by atoms with van der Waals surface area (Å²) in [4.78, 5) is 2.20. The summed E-state index contributed by atoms with van der Waals surface area (Å²) in [6.45, 7) is 11.4. The second kappa shape index (κ2) is 10.2. The Morgan fingerprint density at radius 3 is 2.12 bits per heavy atom. The molecule has 2 aromatic rings. The second-order valence-corrected chi connectivity index (χ2v) is 13.0. The van der Waals surface area contributed by atoms with E-state index in [4.69, 9.17) is 4.74 Å². The van der Waals surface area contributed by atoms with Gasteiger partial charge in [0, 0.05) is 0 Å². The predicted octanol–water partition coefficient (Wildman–Crippen LogP) is 5.00. The molecule has 33 heavy (non-hydrogen) atoms. The van der Waals surface area contributed by atoms with Gasteiger partial charge < -0.3 is 10.3 Å². The molecule has 0 bridgehead atoms. The SMILES string of the molecule is CCCCCOc1ccc(C(C)(C)C)cc1S(=O)(=O)C(=[N+]=[N-])S(=O)(=O)c1ccc(C)cc1C. The molecule has 0 unspecified atom stereocenters. The fourth-order valence-electron chi connectivity index (χ4n) is 3.38. The third-order valence-corrected chi connectivity index (χ3v) is 9.60. The first-order valence-electron chi connectivity index (χ1n) is 10.8. The zero-order valence-corrected chi connectivity index (χ0v) is 21.7.